The fraction of sp³-hybridized carbons (Fsp3) is 0.917. The monoisotopic (exact) mass is 262 g/mol. The molecule has 0 aromatic heterocycles. The van der Waals surface area contributed by atoms with E-state index in [4.69, 9.17) is 14.2 Å². The zero-order chi connectivity index (χ0) is 13.5. The number of ether oxygens (including phenoxy) is 3. The predicted octanol–water partition coefficient (Wildman–Crippen LogP) is -0.218. The predicted molar refractivity (Wildman–Crippen MR) is 69.7 cm³/mol. The number of hydrogen-bond acceptors (Lipinski definition) is 5. The van der Waals surface area contributed by atoms with Crippen LogP contribution in [0.2, 0.25) is 0 Å². The van der Waals surface area contributed by atoms with Crippen LogP contribution in [0.25, 0.3) is 0 Å². The lowest BCUT2D eigenvalue weighted by Crippen LogP contribution is -2.26. The number of rotatable bonds is 13. The Morgan fingerprint density at radius 2 is 1.39 bits per heavy atom. The van der Waals surface area contributed by atoms with Gasteiger partial charge in [0, 0.05) is 19.5 Å². The first-order chi connectivity index (χ1) is 8.81. The number of carbonyl (C=O) groups excluding carboxylic acids is 1. The maximum atomic E-state index is 10.9. The molecule has 18 heavy (non-hydrogen) atoms. The van der Waals surface area contributed by atoms with Crippen molar-refractivity contribution in [1.29, 1.82) is 0 Å². The molecule has 0 spiro atoms. The molecular weight excluding hydrogens is 236 g/mol. The van der Waals surface area contributed by atoms with E-state index in [9.17, 15) is 4.79 Å². The third kappa shape index (κ3) is 13.4. The summed E-state index contributed by atoms with van der Waals surface area (Å²) in [5.41, 5.74) is 0. The second-order valence-electron chi connectivity index (χ2n) is 3.64. The molecule has 0 aromatic carbocycles. The summed E-state index contributed by atoms with van der Waals surface area (Å²) in [5, 5.41) is 5.73. The molecule has 0 saturated carbocycles. The third-order valence-electron chi connectivity index (χ3n) is 2.13. The van der Waals surface area contributed by atoms with E-state index >= 15 is 0 Å². The van der Waals surface area contributed by atoms with Gasteiger partial charge in [0.05, 0.1) is 39.6 Å². The fourth-order valence-electron chi connectivity index (χ4n) is 1.10. The molecule has 0 bridgehead atoms. The summed E-state index contributed by atoms with van der Waals surface area (Å²) in [7, 11) is 1.89. The highest BCUT2D eigenvalue weighted by Gasteiger charge is 1.95. The number of hydrogen-bond donors (Lipinski definition) is 2. The maximum Gasteiger partial charge on any atom is 0.219 e. The van der Waals surface area contributed by atoms with Crippen LogP contribution in [-0.2, 0) is 19.0 Å². The topological polar surface area (TPSA) is 68.8 Å². The molecule has 0 saturated heterocycles. The summed E-state index contributed by atoms with van der Waals surface area (Å²) in [6, 6.07) is 0. The Kier molecular flexibility index (Phi) is 13.8. The first kappa shape index (κ1) is 17.3. The Balaban J connectivity index is 2.97. The minimum Gasteiger partial charge on any atom is -0.378 e. The van der Waals surface area contributed by atoms with Gasteiger partial charge in [0.25, 0.3) is 0 Å². The second kappa shape index (κ2) is 14.4. The molecule has 0 heterocycles. The van der Waals surface area contributed by atoms with Gasteiger partial charge in [-0.2, -0.15) is 0 Å². The van der Waals surface area contributed by atoms with E-state index in [1.165, 1.54) is 0 Å². The molecule has 0 aromatic rings. The molecular formula is C12H26N2O4. The molecule has 0 aliphatic carbocycles. The normalized spacial score (nSPS) is 10.6. The summed E-state index contributed by atoms with van der Waals surface area (Å²) in [4.78, 5) is 10.9. The van der Waals surface area contributed by atoms with Crippen LogP contribution in [0.3, 0.4) is 0 Å². The van der Waals surface area contributed by atoms with Crippen LogP contribution in [0.1, 0.15) is 13.3 Å². The van der Waals surface area contributed by atoms with Crippen LogP contribution in [0.15, 0.2) is 0 Å². The van der Waals surface area contributed by atoms with E-state index in [-0.39, 0.29) is 5.91 Å². The molecule has 6 nitrogen and oxygen atoms in total. The smallest absolute Gasteiger partial charge is 0.219 e. The van der Waals surface area contributed by atoms with E-state index in [1.807, 2.05) is 14.0 Å². The van der Waals surface area contributed by atoms with Gasteiger partial charge in [0.15, 0.2) is 0 Å². The van der Waals surface area contributed by atoms with Crippen molar-refractivity contribution in [1.82, 2.24) is 10.6 Å². The maximum absolute atomic E-state index is 10.9. The van der Waals surface area contributed by atoms with Crippen molar-refractivity contribution >= 4 is 5.91 Å². The molecule has 0 unspecified atom stereocenters. The molecule has 0 aliphatic rings. The quantitative estimate of drug-likeness (QED) is 0.449. The lowest BCUT2D eigenvalue weighted by Gasteiger charge is -2.07. The highest BCUT2D eigenvalue weighted by Crippen LogP contribution is 1.81. The van der Waals surface area contributed by atoms with Gasteiger partial charge < -0.3 is 24.8 Å². The van der Waals surface area contributed by atoms with Crippen LogP contribution in [0.4, 0.5) is 0 Å². The lowest BCUT2D eigenvalue weighted by atomic mass is 10.4. The summed E-state index contributed by atoms with van der Waals surface area (Å²) < 4.78 is 15.9. The van der Waals surface area contributed by atoms with Crippen molar-refractivity contribution in [3.63, 3.8) is 0 Å². The summed E-state index contributed by atoms with van der Waals surface area (Å²) in [6.45, 7) is 6.74. The Morgan fingerprint density at radius 3 is 1.89 bits per heavy atom. The van der Waals surface area contributed by atoms with Crippen LogP contribution in [0.5, 0.6) is 0 Å². The van der Waals surface area contributed by atoms with Crippen LogP contribution < -0.4 is 10.6 Å². The zero-order valence-electron chi connectivity index (χ0n) is 11.5. The number of amides is 1. The Hall–Kier alpha value is -0.690. The van der Waals surface area contributed by atoms with Crippen molar-refractivity contribution in [3.8, 4) is 0 Å². The molecule has 6 heteroatoms. The number of nitrogens with one attached hydrogen (secondary N) is 2. The molecule has 0 radical (unpaired) electrons. The molecule has 0 fully saturated rings. The van der Waals surface area contributed by atoms with E-state index in [1.54, 1.807) is 0 Å². The van der Waals surface area contributed by atoms with Crippen molar-refractivity contribution in [3.05, 3.63) is 0 Å². The largest absolute Gasteiger partial charge is 0.378 e. The standard InChI is InChI=1S/C12H26N2O4/c1-3-12(15)14-5-7-17-9-11-18-10-8-16-6-4-13-2/h13H,3-11H2,1-2H3,(H,14,15). The molecule has 0 aliphatic heterocycles. The Labute approximate surface area is 109 Å². The van der Waals surface area contributed by atoms with E-state index < -0.39 is 0 Å². The van der Waals surface area contributed by atoms with Gasteiger partial charge in [-0.3, -0.25) is 4.79 Å². The first-order valence-electron chi connectivity index (χ1n) is 6.45. The van der Waals surface area contributed by atoms with Crippen LogP contribution in [-0.4, -0.2) is 65.7 Å². The molecule has 1 amide bonds. The van der Waals surface area contributed by atoms with Gasteiger partial charge in [-0.1, -0.05) is 6.92 Å². The SMILES string of the molecule is CCC(=O)NCCOCCOCCOCCNC. The molecule has 2 N–H and O–H groups in total. The average molecular weight is 262 g/mol. The molecule has 108 valence electrons. The van der Waals surface area contributed by atoms with Crippen molar-refractivity contribution < 1.29 is 19.0 Å². The van der Waals surface area contributed by atoms with E-state index in [2.05, 4.69) is 10.6 Å². The Morgan fingerprint density at radius 1 is 0.889 bits per heavy atom. The van der Waals surface area contributed by atoms with Gasteiger partial charge in [-0.15, -0.1) is 0 Å². The van der Waals surface area contributed by atoms with Gasteiger partial charge in [-0.25, -0.2) is 0 Å². The second-order valence-corrected chi connectivity index (χ2v) is 3.64. The summed E-state index contributed by atoms with van der Waals surface area (Å²) >= 11 is 0. The van der Waals surface area contributed by atoms with Crippen LogP contribution in [0, 0.1) is 0 Å². The highest BCUT2D eigenvalue weighted by molar-refractivity contribution is 5.75. The number of likely N-dealkylation sites (N-methyl/N-ethyl adjacent to an activating group) is 1. The fourth-order valence-corrected chi connectivity index (χ4v) is 1.10. The van der Waals surface area contributed by atoms with E-state index in [0.29, 0.717) is 52.6 Å². The molecule has 0 atom stereocenters. The number of carbonyl (C=O) groups is 1. The van der Waals surface area contributed by atoms with Crippen molar-refractivity contribution in [2.24, 2.45) is 0 Å². The minimum absolute atomic E-state index is 0.0496. The summed E-state index contributed by atoms with van der Waals surface area (Å²) in [6.07, 6.45) is 0.511. The highest BCUT2D eigenvalue weighted by atomic mass is 16.5. The van der Waals surface area contributed by atoms with E-state index in [0.717, 1.165) is 6.54 Å². The van der Waals surface area contributed by atoms with Crippen molar-refractivity contribution in [2.45, 2.75) is 13.3 Å². The van der Waals surface area contributed by atoms with Crippen LogP contribution >= 0.6 is 0 Å². The average Bonchev–Trinajstić information content (AvgIpc) is 2.39. The zero-order valence-corrected chi connectivity index (χ0v) is 11.5. The first-order valence-corrected chi connectivity index (χ1v) is 6.45. The van der Waals surface area contributed by atoms with Gasteiger partial charge in [-0.05, 0) is 7.05 Å². The third-order valence-corrected chi connectivity index (χ3v) is 2.13. The van der Waals surface area contributed by atoms with Gasteiger partial charge >= 0.3 is 0 Å². The molecule has 0 rings (SSSR count). The van der Waals surface area contributed by atoms with Crippen molar-refractivity contribution in [2.75, 3.05) is 59.8 Å². The van der Waals surface area contributed by atoms with Gasteiger partial charge in [0.1, 0.15) is 0 Å². The Bertz CT molecular complexity index is 191. The summed E-state index contributed by atoms with van der Waals surface area (Å²) in [5.74, 6) is 0.0496. The lowest BCUT2D eigenvalue weighted by molar-refractivity contribution is -0.121. The van der Waals surface area contributed by atoms with Gasteiger partial charge in [0.2, 0.25) is 5.91 Å². The minimum atomic E-state index is 0.0496.